The van der Waals surface area contributed by atoms with Crippen LogP contribution in [0.15, 0.2) is 16.6 Å². The van der Waals surface area contributed by atoms with Gasteiger partial charge in [0.25, 0.3) is 0 Å². The summed E-state index contributed by atoms with van der Waals surface area (Å²) in [5.74, 6) is -1.61. The monoisotopic (exact) mass is 290 g/mol. The molecule has 1 aromatic carbocycles. The average Bonchev–Trinajstić information content (AvgIpc) is 2.27. The van der Waals surface area contributed by atoms with Crippen LogP contribution in [0.25, 0.3) is 0 Å². The van der Waals surface area contributed by atoms with Crippen LogP contribution in [0, 0.1) is 11.6 Å². The Balaban J connectivity index is 2.09. The first-order valence-electron chi connectivity index (χ1n) is 5.23. The van der Waals surface area contributed by atoms with E-state index in [-0.39, 0.29) is 4.47 Å². The van der Waals surface area contributed by atoms with Gasteiger partial charge in [0.2, 0.25) is 0 Å². The number of hydrogen-bond acceptors (Lipinski definition) is 2. The Morgan fingerprint density at radius 3 is 2.56 bits per heavy atom. The third kappa shape index (κ3) is 2.78. The number of nitrogens with one attached hydrogen (secondary N) is 1. The Morgan fingerprint density at radius 2 is 1.94 bits per heavy atom. The Hall–Kier alpha value is -0.520. The maximum absolute atomic E-state index is 13.2. The molecule has 0 atom stereocenters. The minimum Gasteiger partial charge on any atom is -0.314 e. The van der Waals surface area contributed by atoms with Crippen molar-refractivity contribution in [3.05, 3.63) is 33.8 Å². The Labute approximate surface area is 102 Å². The zero-order valence-corrected chi connectivity index (χ0v) is 10.4. The van der Waals surface area contributed by atoms with E-state index >= 15 is 0 Å². The normalized spacial score (nSPS) is 17.7. The number of piperazine rings is 1. The van der Waals surface area contributed by atoms with Crippen LogP contribution < -0.4 is 5.32 Å². The molecule has 0 unspecified atom stereocenters. The van der Waals surface area contributed by atoms with Gasteiger partial charge in [-0.25, -0.2) is 8.78 Å². The largest absolute Gasteiger partial charge is 0.314 e. The van der Waals surface area contributed by atoms with Gasteiger partial charge in [-0.05, 0) is 33.6 Å². The fourth-order valence-electron chi connectivity index (χ4n) is 1.83. The van der Waals surface area contributed by atoms with Gasteiger partial charge in [-0.3, -0.25) is 4.90 Å². The van der Waals surface area contributed by atoms with Gasteiger partial charge in [0.1, 0.15) is 0 Å². The predicted octanol–water partition coefficient (Wildman–Crippen LogP) is 2.13. The summed E-state index contributed by atoms with van der Waals surface area (Å²) in [4.78, 5) is 2.22. The predicted molar refractivity (Wildman–Crippen MR) is 62.2 cm³/mol. The van der Waals surface area contributed by atoms with Gasteiger partial charge < -0.3 is 5.32 Å². The smallest absolute Gasteiger partial charge is 0.172 e. The number of halogens is 3. The van der Waals surface area contributed by atoms with Crippen molar-refractivity contribution in [3.8, 4) is 0 Å². The quantitative estimate of drug-likeness (QED) is 0.840. The molecule has 2 rings (SSSR count). The third-order valence-corrected chi connectivity index (χ3v) is 3.24. The highest BCUT2D eigenvalue weighted by Gasteiger charge is 2.13. The minimum atomic E-state index is -0.816. The van der Waals surface area contributed by atoms with Crippen LogP contribution in [-0.4, -0.2) is 31.1 Å². The van der Waals surface area contributed by atoms with Gasteiger partial charge in [0, 0.05) is 32.7 Å². The average molecular weight is 291 g/mol. The molecule has 1 fully saturated rings. The topological polar surface area (TPSA) is 15.3 Å². The highest BCUT2D eigenvalue weighted by atomic mass is 79.9. The molecule has 0 spiro atoms. The molecule has 1 saturated heterocycles. The minimum absolute atomic E-state index is 0.192. The lowest BCUT2D eigenvalue weighted by Gasteiger charge is -2.27. The molecule has 0 radical (unpaired) electrons. The lowest BCUT2D eigenvalue weighted by molar-refractivity contribution is 0.233. The van der Waals surface area contributed by atoms with E-state index in [4.69, 9.17) is 0 Å². The first kappa shape index (κ1) is 12.0. The van der Waals surface area contributed by atoms with E-state index in [9.17, 15) is 8.78 Å². The molecule has 0 aromatic heterocycles. The highest BCUT2D eigenvalue weighted by Crippen LogP contribution is 2.21. The van der Waals surface area contributed by atoms with Crippen LogP contribution >= 0.6 is 15.9 Å². The second-order valence-electron chi connectivity index (χ2n) is 3.90. The van der Waals surface area contributed by atoms with Gasteiger partial charge in [0.15, 0.2) is 11.6 Å². The maximum Gasteiger partial charge on any atom is 0.172 e. The van der Waals surface area contributed by atoms with Crippen molar-refractivity contribution in [2.45, 2.75) is 6.54 Å². The molecule has 88 valence electrons. The van der Waals surface area contributed by atoms with Crippen LogP contribution in [0.5, 0.6) is 0 Å². The standard InChI is InChI=1S/C11H13BrF2N2/c12-9-5-8(6-10(13)11(9)14)7-16-3-1-15-2-4-16/h5-6,15H,1-4,7H2. The second-order valence-corrected chi connectivity index (χ2v) is 4.75. The summed E-state index contributed by atoms with van der Waals surface area (Å²) in [5.41, 5.74) is 0.799. The van der Waals surface area contributed by atoms with Crippen LogP contribution in [0.1, 0.15) is 5.56 Å². The molecular weight excluding hydrogens is 278 g/mol. The Morgan fingerprint density at radius 1 is 1.25 bits per heavy atom. The van der Waals surface area contributed by atoms with Crippen molar-refractivity contribution in [2.24, 2.45) is 0 Å². The van der Waals surface area contributed by atoms with Crippen molar-refractivity contribution >= 4 is 15.9 Å². The van der Waals surface area contributed by atoms with Crippen LogP contribution in [-0.2, 0) is 6.54 Å². The lowest BCUT2D eigenvalue weighted by atomic mass is 10.2. The van der Waals surface area contributed by atoms with Gasteiger partial charge in [-0.15, -0.1) is 0 Å². The van der Waals surface area contributed by atoms with Crippen molar-refractivity contribution < 1.29 is 8.78 Å². The first-order chi connectivity index (χ1) is 7.66. The molecule has 0 amide bonds. The molecule has 0 saturated carbocycles. The Kier molecular flexibility index (Phi) is 3.89. The molecule has 0 bridgehead atoms. The van der Waals surface area contributed by atoms with Gasteiger partial charge in [0.05, 0.1) is 4.47 Å². The molecule has 1 heterocycles. The molecule has 1 N–H and O–H groups in total. The SMILES string of the molecule is Fc1cc(CN2CCNCC2)cc(Br)c1F. The molecular formula is C11H13BrF2N2. The zero-order chi connectivity index (χ0) is 11.5. The van der Waals surface area contributed by atoms with Gasteiger partial charge >= 0.3 is 0 Å². The van der Waals surface area contributed by atoms with E-state index in [1.54, 1.807) is 6.07 Å². The second kappa shape index (κ2) is 5.21. The summed E-state index contributed by atoms with van der Waals surface area (Å²) >= 11 is 3.02. The molecule has 2 nitrogen and oxygen atoms in total. The maximum atomic E-state index is 13.2. The summed E-state index contributed by atoms with van der Waals surface area (Å²) in [6.45, 7) is 4.44. The lowest BCUT2D eigenvalue weighted by Crippen LogP contribution is -2.42. The van der Waals surface area contributed by atoms with Crippen LogP contribution in [0.2, 0.25) is 0 Å². The van der Waals surface area contributed by atoms with E-state index < -0.39 is 11.6 Å². The van der Waals surface area contributed by atoms with Crippen molar-refractivity contribution in [1.29, 1.82) is 0 Å². The van der Waals surface area contributed by atoms with Crippen LogP contribution in [0.4, 0.5) is 8.78 Å². The van der Waals surface area contributed by atoms with Gasteiger partial charge in [-0.1, -0.05) is 0 Å². The molecule has 16 heavy (non-hydrogen) atoms. The van der Waals surface area contributed by atoms with Crippen LogP contribution in [0.3, 0.4) is 0 Å². The fraction of sp³-hybridized carbons (Fsp3) is 0.455. The third-order valence-electron chi connectivity index (χ3n) is 2.66. The van der Waals surface area contributed by atoms with Crippen molar-refractivity contribution in [2.75, 3.05) is 26.2 Å². The van der Waals surface area contributed by atoms with E-state index in [1.165, 1.54) is 6.07 Å². The zero-order valence-electron chi connectivity index (χ0n) is 8.77. The molecule has 0 aliphatic carbocycles. The number of nitrogens with zero attached hydrogens (tertiary/aromatic N) is 1. The van der Waals surface area contributed by atoms with E-state index in [2.05, 4.69) is 26.1 Å². The summed E-state index contributed by atoms with van der Waals surface area (Å²) in [7, 11) is 0. The van der Waals surface area contributed by atoms with Crippen molar-refractivity contribution in [1.82, 2.24) is 10.2 Å². The summed E-state index contributed by atoms with van der Waals surface area (Å²) in [6.07, 6.45) is 0. The highest BCUT2D eigenvalue weighted by molar-refractivity contribution is 9.10. The molecule has 1 aromatic rings. The van der Waals surface area contributed by atoms with Gasteiger partial charge in [-0.2, -0.15) is 0 Å². The van der Waals surface area contributed by atoms with Crippen molar-refractivity contribution in [3.63, 3.8) is 0 Å². The molecule has 1 aliphatic rings. The molecule has 1 aliphatic heterocycles. The summed E-state index contributed by atoms with van der Waals surface area (Å²) in [6, 6.07) is 2.91. The van der Waals surface area contributed by atoms with E-state index in [1.807, 2.05) is 0 Å². The fourth-order valence-corrected chi connectivity index (χ4v) is 2.31. The number of hydrogen-bond donors (Lipinski definition) is 1. The van der Waals surface area contributed by atoms with E-state index in [0.717, 1.165) is 31.7 Å². The number of rotatable bonds is 2. The first-order valence-corrected chi connectivity index (χ1v) is 6.02. The van der Waals surface area contributed by atoms with E-state index in [0.29, 0.717) is 6.54 Å². The summed E-state index contributed by atoms with van der Waals surface area (Å²) < 4.78 is 26.4. The Bertz CT molecular complexity index is 355. The molecule has 5 heteroatoms. The summed E-state index contributed by atoms with van der Waals surface area (Å²) in [5, 5.41) is 3.25. The number of benzene rings is 1.